The molecule has 8 rings (SSSR count). The van der Waals surface area contributed by atoms with Crippen LogP contribution in [-0.2, 0) is 19.2 Å². The predicted octanol–water partition coefficient (Wildman–Crippen LogP) is 9.80. The molecule has 0 saturated carbocycles. The third-order valence-electron chi connectivity index (χ3n) is 10.5. The maximum Gasteiger partial charge on any atom is 0.261 e. The average Bonchev–Trinajstić information content (AvgIpc) is 4.00. The van der Waals surface area contributed by atoms with Gasteiger partial charge in [0.2, 0.25) is 11.8 Å². The summed E-state index contributed by atoms with van der Waals surface area (Å²) >= 11 is 3.14. The van der Waals surface area contributed by atoms with Gasteiger partial charge in [0.05, 0.1) is 23.5 Å². The van der Waals surface area contributed by atoms with Crippen molar-refractivity contribution < 1.29 is 28.7 Å². The molecule has 0 unspecified atom stereocenters. The number of aromatic nitrogens is 2. The van der Waals surface area contributed by atoms with E-state index in [1.54, 1.807) is 22.7 Å². The lowest BCUT2D eigenvalue weighted by atomic mass is 10.00. The highest BCUT2D eigenvalue weighted by molar-refractivity contribution is 7.13. The Hall–Kier alpha value is -6.38. The van der Waals surface area contributed by atoms with Crippen molar-refractivity contribution in [1.29, 1.82) is 0 Å². The highest BCUT2D eigenvalue weighted by atomic mass is 32.1. The van der Waals surface area contributed by atoms with Crippen molar-refractivity contribution in [3.05, 3.63) is 131 Å². The van der Waals surface area contributed by atoms with Gasteiger partial charge in [-0.3, -0.25) is 19.2 Å². The van der Waals surface area contributed by atoms with Crippen molar-refractivity contribution in [2.24, 2.45) is 0 Å². The summed E-state index contributed by atoms with van der Waals surface area (Å²) in [6.07, 6.45) is 5.95. The number of piperidine rings is 2. The topological polar surface area (TPSA) is 143 Å². The van der Waals surface area contributed by atoms with Gasteiger partial charge in [0.25, 0.3) is 11.8 Å². The van der Waals surface area contributed by atoms with Crippen LogP contribution < -0.4 is 20.1 Å². The highest BCUT2D eigenvalue weighted by Gasteiger charge is 2.31. The van der Waals surface area contributed by atoms with Gasteiger partial charge >= 0.3 is 0 Å². The van der Waals surface area contributed by atoms with E-state index in [9.17, 15) is 19.2 Å². The number of carbonyl (C=O) groups is 4. The van der Waals surface area contributed by atoms with E-state index in [1.807, 2.05) is 130 Å². The Balaban J connectivity index is 0.000000186. The van der Waals surface area contributed by atoms with E-state index in [-0.39, 0.29) is 48.9 Å². The van der Waals surface area contributed by atoms with Gasteiger partial charge in [-0.15, -0.1) is 22.7 Å². The molecule has 4 amide bonds. The molecule has 0 bridgehead atoms. The van der Waals surface area contributed by atoms with Crippen molar-refractivity contribution in [3.63, 3.8) is 0 Å². The first-order chi connectivity index (χ1) is 30.2. The first kappa shape index (κ1) is 43.7. The molecule has 0 radical (unpaired) electrons. The summed E-state index contributed by atoms with van der Waals surface area (Å²) in [4.78, 5) is 61.7. The normalized spacial score (nSPS) is 16.0. The number of amides is 4. The molecule has 2 atom stereocenters. The summed E-state index contributed by atoms with van der Waals surface area (Å²) in [7, 11) is 0. The number of benzene rings is 4. The van der Waals surface area contributed by atoms with Crippen molar-refractivity contribution in [1.82, 2.24) is 19.8 Å². The third kappa shape index (κ3) is 11.9. The number of nitrogens with zero attached hydrogens (tertiary/aromatic N) is 4. The van der Waals surface area contributed by atoms with E-state index in [4.69, 9.17) is 19.4 Å². The second-order valence-electron chi connectivity index (χ2n) is 15.1. The van der Waals surface area contributed by atoms with Crippen LogP contribution in [0.5, 0.6) is 11.5 Å². The maximum absolute atomic E-state index is 12.9. The van der Waals surface area contributed by atoms with Gasteiger partial charge in [0.15, 0.2) is 13.2 Å². The molecule has 2 aliphatic rings. The molecule has 4 aromatic carbocycles. The van der Waals surface area contributed by atoms with Crippen molar-refractivity contribution in [2.75, 3.05) is 36.9 Å². The number of ether oxygens (including phenoxy) is 2. The predicted molar refractivity (Wildman–Crippen MR) is 244 cm³/mol. The molecule has 0 aliphatic carbocycles. The zero-order chi connectivity index (χ0) is 43.3. The first-order valence-electron chi connectivity index (χ1n) is 20.8. The molecule has 2 fully saturated rings. The molecule has 12 nitrogen and oxygen atoms in total. The monoisotopic (exact) mass is 870 g/mol. The molecular formula is C48H50N6O6S2. The summed E-state index contributed by atoms with van der Waals surface area (Å²) < 4.78 is 11.4. The minimum Gasteiger partial charge on any atom is -0.484 e. The molecule has 4 heterocycles. The van der Waals surface area contributed by atoms with Crippen molar-refractivity contribution in [2.45, 2.75) is 64.5 Å². The number of anilines is 2. The van der Waals surface area contributed by atoms with Gasteiger partial charge < -0.3 is 29.9 Å². The van der Waals surface area contributed by atoms with Crippen LogP contribution in [0.15, 0.2) is 120 Å². The quantitative estimate of drug-likeness (QED) is 0.124. The fraction of sp³-hybridized carbons (Fsp3) is 0.292. The Kier molecular flexibility index (Phi) is 15.1. The van der Waals surface area contributed by atoms with Gasteiger partial charge in [-0.2, -0.15) is 0 Å². The SMILES string of the molecule is CC(=O)Nc1ccc(-c2nc([C@H]3CCCCN3C(=O)COc3ccccc3)cs2)cc1.CC(=O)Nc1ccc(-c2nc([C@H]3CCCCN3C(=O)COc3ccccc3)cs2)cc1. The van der Waals surface area contributed by atoms with Crippen LogP contribution in [0.1, 0.15) is 75.8 Å². The number of likely N-dealkylation sites (tertiary alicyclic amines) is 2. The second-order valence-corrected chi connectivity index (χ2v) is 16.8. The van der Waals surface area contributed by atoms with Crippen molar-refractivity contribution in [3.8, 4) is 32.6 Å². The van der Waals surface area contributed by atoms with E-state index in [0.717, 1.165) is 95.5 Å². The average molecular weight is 871 g/mol. The van der Waals surface area contributed by atoms with Gasteiger partial charge in [-0.05, 0) is 111 Å². The molecule has 14 heteroatoms. The maximum atomic E-state index is 12.9. The van der Waals surface area contributed by atoms with Crippen LogP contribution >= 0.6 is 22.7 Å². The Labute approximate surface area is 369 Å². The number of hydrogen-bond acceptors (Lipinski definition) is 10. The standard InChI is InChI=1S/2C24H25N3O3S/c2*1-17(28)25-19-12-10-18(11-13-19)24-26-21(16-31-24)22-9-5-6-14-27(22)23(29)15-30-20-7-3-2-4-8-20/h2*2-4,7-8,10-13,16,22H,5-6,9,14-15H2,1H3,(H,25,28)/t2*22-/m11/s1. The molecule has 0 spiro atoms. The smallest absolute Gasteiger partial charge is 0.261 e. The number of hydrogen-bond donors (Lipinski definition) is 2. The second kappa shape index (κ2) is 21.4. The van der Waals surface area contributed by atoms with Crippen LogP contribution in [0.2, 0.25) is 0 Å². The van der Waals surface area contributed by atoms with Crippen LogP contribution in [-0.4, -0.2) is 69.7 Å². The zero-order valence-electron chi connectivity index (χ0n) is 34.8. The van der Waals surface area contributed by atoms with Gasteiger partial charge in [0.1, 0.15) is 21.5 Å². The molecule has 320 valence electrons. The molecule has 2 aliphatic heterocycles. The highest BCUT2D eigenvalue weighted by Crippen LogP contribution is 2.36. The fourth-order valence-electron chi connectivity index (χ4n) is 7.51. The summed E-state index contributed by atoms with van der Waals surface area (Å²) in [6, 6.07) is 34.0. The summed E-state index contributed by atoms with van der Waals surface area (Å²) in [6.45, 7) is 4.48. The van der Waals surface area contributed by atoms with E-state index in [2.05, 4.69) is 10.6 Å². The molecular weight excluding hydrogens is 821 g/mol. The summed E-state index contributed by atoms with van der Waals surface area (Å²) in [5.74, 6) is 1.18. The summed E-state index contributed by atoms with van der Waals surface area (Å²) in [5.41, 5.74) is 5.36. The summed E-state index contributed by atoms with van der Waals surface area (Å²) in [5, 5.41) is 11.4. The van der Waals surface area contributed by atoms with Crippen LogP contribution in [0.4, 0.5) is 11.4 Å². The number of nitrogens with one attached hydrogen (secondary N) is 2. The number of para-hydroxylation sites is 2. The fourth-order valence-corrected chi connectivity index (χ4v) is 9.25. The minimum atomic E-state index is -0.0948. The lowest BCUT2D eigenvalue weighted by Crippen LogP contribution is -2.41. The van der Waals surface area contributed by atoms with Gasteiger partial charge in [-0.25, -0.2) is 9.97 Å². The Morgan fingerprint density at radius 2 is 0.952 bits per heavy atom. The third-order valence-corrected chi connectivity index (χ3v) is 12.3. The minimum absolute atomic E-state index is 0.0113. The van der Waals surface area contributed by atoms with E-state index in [0.29, 0.717) is 11.5 Å². The van der Waals surface area contributed by atoms with E-state index >= 15 is 0 Å². The molecule has 2 saturated heterocycles. The van der Waals surface area contributed by atoms with Crippen LogP contribution in [0, 0.1) is 0 Å². The van der Waals surface area contributed by atoms with Gasteiger partial charge in [0, 0.05) is 60.2 Å². The van der Waals surface area contributed by atoms with Crippen LogP contribution in [0.25, 0.3) is 21.1 Å². The molecule has 6 aromatic rings. The number of carbonyl (C=O) groups excluding carboxylic acids is 4. The Morgan fingerprint density at radius 3 is 1.32 bits per heavy atom. The Bertz CT molecular complexity index is 2240. The zero-order valence-corrected chi connectivity index (χ0v) is 36.5. The molecule has 2 N–H and O–H groups in total. The molecule has 2 aromatic heterocycles. The van der Waals surface area contributed by atoms with Crippen molar-refractivity contribution >= 4 is 57.7 Å². The Morgan fingerprint density at radius 1 is 0.565 bits per heavy atom. The largest absolute Gasteiger partial charge is 0.484 e. The first-order valence-corrected chi connectivity index (χ1v) is 22.6. The lowest BCUT2D eigenvalue weighted by Gasteiger charge is -2.34. The van der Waals surface area contributed by atoms with Crippen LogP contribution in [0.3, 0.4) is 0 Å². The number of thiazole rings is 2. The van der Waals surface area contributed by atoms with E-state index in [1.165, 1.54) is 13.8 Å². The number of rotatable bonds is 12. The van der Waals surface area contributed by atoms with E-state index < -0.39 is 0 Å². The lowest BCUT2D eigenvalue weighted by molar-refractivity contribution is -0.138. The molecule has 62 heavy (non-hydrogen) atoms. The van der Waals surface area contributed by atoms with Gasteiger partial charge in [-0.1, -0.05) is 36.4 Å².